The van der Waals surface area contributed by atoms with Crippen LogP contribution in [0.4, 0.5) is 10.1 Å². The molecular weight excluding hydrogens is 272 g/mol. The molecule has 2 rings (SSSR count). The summed E-state index contributed by atoms with van der Waals surface area (Å²) < 4.78 is 46.6. The second-order valence-electron chi connectivity index (χ2n) is 3.78. The van der Waals surface area contributed by atoms with E-state index in [-0.39, 0.29) is 47.2 Å². The van der Waals surface area contributed by atoms with Gasteiger partial charge in [0.1, 0.15) is 21.3 Å². The molecule has 1 heterocycles. The van der Waals surface area contributed by atoms with Crippen LogP contribution in [0, 0.1) is 5.82 Å². The molecule has 1 aliphatic rings. The van der Waals surface area contributed by atoms with Crippen molar-refractivity contribution < 1.29 is 51.7 Å². The van der Waals surface area contributed by atoms with E-state index in [1.165, 1.54) is 12.1 Å². The van der Waals surface area contributed by atoms with Crippen LogP contribution in [0.3, 0.4) is 0 Å². The van der Waals surface area contributed by atoms with Gasteiger partial charge in [0.25, 0.3) is 0 Å². The molecule has 1 atom stereocenters. The van der Waals surface area contributed by atoms with Crippen molar-refractivity contribution in [1.82, 2.24) is 0 Å². The maximum Gasteiger partial charge on any atom is 1.00 e. The largest absolute Gasteiger partial charge is 1.00 e. The third-order valence-corrected chi connectivity index (χ3v) is 3.74. The number of carbonyl (C=O) groups excluding carboxylic acids is 1. The fourth-order valence-corrected chi connectivity index (χ4v) is 2.89. The number of hydrogen-bond donors (Lipinski definition) is 0. The van der Waals surface area contributed by atoms with Gasteiger partial charge >= 0.3 is 29.6 Å². The van der Waals surface area contributed by atoms with Crippen molar-refractivity contribution in [3.63, 3.8) is 0 Å². The zero-order valence-electron chi connectivity index (χ0n) is 9.88. The molecule has 1 unspecified atom stereocenters. The molecule has 1 aromatic carbocycles. The number of fused-ring (bicyclic) bond motifs is 1. The summed E-state index contributed by atoms with van der Waals surface area (Å²) in [5.41, 5.74) is 0.244. The normalized spacial score (nSPS) is 18.2. The number of hydrogen-bond acceptors (Lipinski definition) is 4. The molecule has 0 radical (unpaired) electrons. The predicted octanol–water partition coefficient (Wildman–Crippen LogP) is -2.39. The molecule has 0 aromatic heterocycles. The Morgan fingerprint density at radius 1 is 1.50 bits per heavy atom. The van der Waals surface area contributed by atoms with Gasteiger partial charge in [-0.05, 0) is 12.1 Å². The van der Waals surface area contributed by atoms with Crippen LogP contribution in [0.5, 0.6) is 0 Å². The van der Waals surface area contributed by atoms with Crippen molar-refractivity contribution in [1.29, 1.82) is 0 Å². The van der Waals surface area contributed by atoms with E-state index in [4.69, 9.17) is 0 Å². The van der Waals surface area contributed by atoms with Crippen LogP contribution < -0.4 is 34.5 Å². The van der Waals surface area contributed by atoms with Crippen LogP contribution in [0.2, 0.25) is 0 Å². The Bertz CT molecular complexity index is 590. The SMILES string of the molecule is CC(=O)N1c2cccc(F)c2CC1S(=O)(=O)[O-].[Na+]. The minimum Gasteiger partial charge on any atom is -0.746 e. The van der Waals surface area contributed by atoms with Crippen molar-refractivity contribution in [2.75, 3.05) is 4.90 Å². The molecule has 92 valence electrons. The van der Waals surface area contributed by atoms with E-state index in [0.29, 0.717) is 0 Å². The van der Waals surface area contributed by atoms with Crippen LogP contribution in [-0.4, -0.2) is 24.3 Å². The maximum atomic E-state index is 13.5. The molecule has 5 nitrogen and oxygen atoms in total. The molecule has 0 bridgehead atoms. The first-order valence-corrected chi connectivity index (χ1v) is 6.31. The van der Waals surface area contributed by atoms with Gasteiger partial charge in [0.05, 0.1) is 5.69 Å². The maximum absolute atomic E-state index is 13.5. The summed E-state index contributed by atoms with van der Waals surface area (Å²) in [6.07, 6.45) is -0.298. The number of halogens is 1. The Balaban J connectivity index is 0.00000162. The van der Waals surface area contributed by atoms with Crippen molar-refractivity contribution in [2.45, 2.75) is 18.7 Å². The van der Waals surface area contributed by atoms with Gasteiger partial charge in [0.2, 0.25) is 5.91 Å². The fraction of sp³-hybridized carbons (Fsp3) is 0.300. The molecule has 0 N–H and O–H groups in total. The first-order valence-electron chi connectivity index (χ1n) is 4.84. The molecular formula is C10H9FNNaO4S. The third-order valence-electron chi connectivity index (χ3n) is 2.69. The molecule has 0 saturated carbocycles. The number of rotatable bonds is 1. The van der Waals surface area contributed by atoms with Gasteiger partial charge in [-0.25, -0.2) is 12.8 Å². The summed E-state index contributed by atoms with van der Waals surface area (Å²) in [6.45, 7) is 1.14. The van der Waals surface area contributed by atoms with Gasteiger partial charge in [0.15, 0.2) is 0 Å². The summed E-state index contributed by atoms with van der Waals surface area (Å²) in [7, 11) is -4.69. The standard InChI is InChI=1S/C10H10FNO4S.Na/c1-6(13)12-9-4-2-3-8(11)7(9)5-10(12)17(14,15)16;/h2-4,10H,5H2,1H3,(H,14,15,16);/q;+1/p-1. The van der Waals surface area contributed by atoms with Crippen LogP contribution in [0.25, 0.3) is 0 Å². The van der Waals surface area contributed by atoms with Crippen molar-refractivity contribution in [2.24, 2.45) is 0 Å². The smallest absolute Gasteiger partial charge is 0.746 e. The second kappa shape index (κ2) is 5.26. The average Bonchev–Trinajstić information content (AvgIpc) is 2.57. The van der Waals surface area contributed by atoms with Gasteiger partial charge in [-0.15, -0.1) is 0 Å². The van der Waals surface area contributed by atoms with Gasteiger partial charge in [-0.3, -0.25) is 9.69 Å². The van der Waals surface area contributed by atoms with E-state index in [1.54, 1.807) is 0 Å². The molecule has 0 saturated heterocycles. The minimum absolute atomic E-state index is 0. The monoisotopic (exact) mass is 281 g/mol. The summed E-state index contributed by atoms with van der Waals surface area (Å²) in [6, 6.07) is 3.95. The molecule has 18 heavy (non-hydrogen) atoms. The quantitative estimate of drug-likeness (QED) is 0.425. The van der Waals surface area contributed by atoms with Crippen molar-refractivity contribution >= 4 is 21.7 Å². The second-order valence-corrected chi connectivity index (χ2v) is 5.31. The van der Waals surface area contributed by atoms with Crippen LogP contribution >= 0.6 is 0 Å². The van der Waals surface area contributed by atoms with Gasteiger partial charge < -0.3 is 4.55 Å². The van der Waals surface area contributed by atoms with E-state index < -0.39 is 27.2 Å². The van der Waals surface area contributed by atoms with Gasteiger partial charge in [-0.1, -0.05) is 6.07 Å². The number of nitrogens with zero attached hydrogens (tertiary/aromatic N) is 1. The number of amides is 1. The zero-order valence-corrected chi connectivity index (χ0v) is 12.7. The van der Waals surface area contributed by atoms with Crippen LogP contribution in [0.15, 0.2) is 18.2 Å². The number of anilines is 1. The van der Waals surface area contributed by atoms with E-state index in [1.807, 2.05) is 0 Å². The van der Waals surface area contributed by atoms with Crippen LogP contribution in [-0.2, 0) is 21.3 Å². The third kappa shape index (κ3) is 2.60. The molecule has 0 aliphatic carbocycles. The molecule has 1 amide bonds. The van der Waals surface area contributed by atoms with Gasteiger partial charge in [0, 0.05) is 18.9 Å². The Labute approximate surface area is 126 Å². The fourth-order valence-electron chi connectivity index (χ4n) is 2.00. The van der Waals surface area contributed by atoms with Gasteiger partial charge in [-0.2, -0.15) is 0 Å². The number of carbonyl (C=O) groups is 1. The first kappa shape index (κ1) is 15.6. The van der Waals surface area contributed by atoms with E-state index in [9.17, 15) is 22.2 Å². The Hall–Kier alpha value is -0.470. The Kier molecular flexibility index (Phi) is 4.56. The summed E-state index contributed by atoms with van der Waals surface area (Å²) >= 11 is 0. The first-order chi connectivity index (χ1) is 7.82. The summed E-state index contributed by atoms with van der Waals surface area (Å²) in [4.78, 5) is 12.2. The molecule has 1 aromatic rings. The summed E-state index contributed by atoms with van der Waals surface area (Å²) in [5.74, 6) is -1.21. The van der Waals surface area contributed by atoms with Crippen LogP contribution in [0.1, 0.15) is 12.5 Å². The summed E-state index contributed by atoms with van der Waals surface area (Å²) in [5, 5.41) is -1.55. The average molecular weight is 281 g/mol. The van der Waals surface area contributed by atoms with E-state index >= 15 is 0 Å². The molecule has 1 aliphatic heterocycles. The van der Waals surface area contributed by atoms with Crippen molar-refractivity contribution in [3.05, 3.63) is 29.6 Å². The van der Waals surface area contributed by atoms with E-state index in [0.717, 1.165) is 17.9 Å². The zero-order chi connectivity index (χ0) is 12.8. The molecule has 0 fully saturated rings. The predicted molar refractivity (Wildman–Crippen MR) is 56.7 cm³/mol. The molecule has 0 spiro atoms. The number of benzene rings is 1. The van der Waals surface area contributed by atoms with Crippen molar-refractivity contribution in [3.8, 4) is 0 Å². The topological polar surface area (TPSA) is 77.5 Å². The molecule has 8 heteroatoms. The van der Waals surface area contributed by atoms with E-state index in [2.05, 4.69) is 0 Å². The Morgan fingerprint density at radius 3 is 2.61 bits per heavy atom. The Morgan fingerprint density at radius 2 is 2.11 bits per heavy atom. The minimum atomic E-state index is -4.69.